The molecule has 0 aliphatic rings. The summed E-state index contributed by atoms with van der Waals surface area (Å²) in [5.74, 6) is -4.37. The monoisotopic (exact) mass is 789 g/mol. The smallest absolute Gasteiger partial charge is 0.322 e. The van der Waals surface area contributed by atoms with Gasteiger partial charge in [-0.25, -0.2) is 9.97 Å². The number of hydrogen-bond acceptors (Lipinski definition) is 18. The molecule has 24 heteroatoms. The van der Waals surface area contributed by atoms with Crippen LogP contribution in [0.2, 0.25) is 0 Å². The lowest BCUT2D eigenvalue weighted by Crippen LogP contribution is -2.49. The number of amides is 2. The highest BCUT2D eigenvalue weighted by Gasteiger charge is 2.24. The Hall–Kier alpha value is -4.17. The summed E-state index contributed by atoms with van der Waals surface area (Å²) in [7, 11) is 1.38. The zero-order valence-corrected chi connectivity index (χ0v) is 30.6. The topological polar surface area (TPSA) is 367 Å². The lowest BCUT2D eigenvalue weighted by atomic mass is 10.1. The predicted molar refractivity (Wildman–Crippen MR) is 193 cm³/mol. The summed E-state index contributed by atoms with van der Waals surface area (Å²) in [5.41, 5.74) is 29.0. The van der Waals surface area contributed by atoms with Crippen molar-refractivity contribution in [3.05, 3.63) is 36.4 Å². The van der Waals surface area contributed by atoms with Gasteiger partial charge in [0.25, 0.3) is 0 Å². The molecule has 52 heavy (non-hydrogen) atoms. The Morgan fingerprint density at radius 1 is 0.788 bits per heavy atom. The SMILES string of the molecule is CC(N)C(=O)n1cnc(C[C@H](N)C(=O)SSC(=O)[C@@H](N)Cc2cn(C(=O)C(C)N)cn2)c1.N[C@@H](CCC(=O)N[C@@H](CS)C(=O)NCC(=O)O)C(=O)O. The van der Waals surface area contributed by atoms with Crippen molar-refractivity contribution in [2.24, 2.45) is 28.7 Å². The largest absolute Gasteiger partial charge is 0.480 e. The van der Waals surface area contributed by atoms with Gasteiger partial charge in [-0.15, -0.1) is 0 Å². The summed E-state index contributed by atoms with van der Waals surface area (Å²) >= 11 is 3.87. The molecule has 0 aliphatic carbocycles. The molecule has 2 aromatic heterocycles. The number of hydrogen-bond donors (Lipinski definition) is 10. The zero-order chi connectivity index (χ0) is 39.7. The molecule has 0 spiro atoms. The first-order valence-corrected chi connectivity index (χ1v) is 18.0. The van der Waals surface area contributed by atoms with E-state index >= 15 is 0 Å². The van der Waals surface area contributed by atoms with Crippen LogP contribution < -0.4 is 39.3 Å². The highest BCUT2D eigenvalue weighted by atomic mass is 33.1. The first-order valence-electron chi connectivity index (χ1n) is 15.2. The number of rotatable bonds is 17. The average Bonchev–Trinajstić information content (AvgIpc) is 3.76. The van der Waals surface area contributed by atoms with Gasteiger partial charge in [0.2, 0.25) is 33.9 Å². The molecule has 0 radical (unpaired) electrons. The average molecular weight is 790 g/mol. The molecule has 0 aliphatic heterocycles. The van der Waals surface area contributed by atoms with Crippen molar-refractivity contribution in [3.8, 4) is 0 Å². The molecule has 288 valence electrons. The summed E-state index contributed by atoms with van der Waals surface area (Å²) in [6.07, 6.45) is 5.51. The minimum absolute atomic E-state index is 0.0256. The quantitative estimate of drug-likeness (QED) is 0.0555. The number of carbonyl (C=O) groups is 8. The van der Waals surface area contributed by atoms with E-state index in [1.54, 1.807) is 13.8 Å². The van der Waals surface area contributed by atoms with Gasteiger partial charge in [-0.3, -0.25) is 47.5 Å². The second-order valence-corrected chi connectivity index (χ2v) is 13.6. The zero-order valence-electron chi connectivity index (χ0n) is 28.1. The number of thiol groups is 1. The first-order chi connectivity index (χ1) is 24.3. The number of carbonyl (C=O) groups excluding carboxylic acids is 6. The summed E-state index contributed by atoms with van der Waals surface area (Å²) in [6.45, 7) is 2.54. The van der Waals surface area contributed by atoms with Gasteiger partial charge in [-0.2, -0.15) is 12.6 Å². The van der Waals surface area contributed by atoms with E-state index in [-0.39, 0.29) is 43.3 Å². The number of nitrogens with zero attached hydrogens (tertiary/aromatic N) is 4. The van der Waals surface area contributed by atoms with Crippen molar-refractivity contribution in [2.75, 3.05) is 12.3 Å². The molecule has 0 fully saturated rings. The van der Waals surface area contributed by atoms with Crippen LogP contribution in [0.5, 0.6) is 0 Å². The third kappa shape index (κ3) is 16.4. The second kappa shape index (κ2) is 22.7. The molecule has 0 bridgehead atoms. The molecule has 2 heterocycles. The highest BCUT2D eigenvalue weighted by Crippen LogP contribution is 2.26. The van der Waals surface area contributed by atoms with Gasteiger partial charge < -0.3 is 49.5 Å². The van der Waals surface area contributed by atoms with Gasteiger partial charge in [-0.05, 0) is 41.9 Å². The number of carboxylic acid groups (broad SMARTS) is 2. The lowest BCUT2D eigenvalue weighted by molar-refractivity contribution is -0.139. The Kier molecular flexibility index (Phi) is 20.0. The van der Waals surface area contributed by atoms with Gasteiger partial charge in [0.15, 0.2) is 0 Å². The van der Waals surface area contributed by atoms with Crippen LogP contribution in [-0.4, -0.2) is 124 Å². The molecular formula is C28H43N11O10S3. The van der Waals surface area contributed by atoms with E-state index in [0.717, 1.165) is 0 Å². The van der Waals surface area contributed by atoms with Crippen LogP contribution in [0, 0.1) is 0 Å². The van der Waals surface area contributed by atoms with E-state index in [1.165, 1.54) is 34.2 Å². The number of nitrogens with two attached hydrogens (primary N) is 5. The van der Waals surface area contributed by atoms with Crippen LogP contribution in [0.3, 0.4) is 0 Å². The van der Waals surface area contributed by atoms with Crippen LogP contribution in [0.25, 0.3) is 0 Å². The number of aromatic nitrogens is 4. The Balaban J connectivity index is 0.000000583. The van der Waals surface area contributed by atoms with Crippen LogP contribution in [-0.2, 0) is 41.6 Å². The Morgan fingerprint density at radius 2 is 1.23 bits per heavy atom. The Bertz CT molecular complexity index is 1510. The molecule has 0 aromatic carbocycles. The molecule has 0 saturated carbocycles. The molecule has 0 saturated heterocycles. The maximum atomic E-state index is 12.3. The van der Waals surface area contributed by atoms with E-state index in [2.05, 4.69) is 33.2 Å². The fourth-order valence-corrected chi connectivity index (χ4v) is 5.70. The van der Waals surface area contributed by atoms with Crippen molar-refractivity contribution < 1.29 is 48.6 Å². The van der Waals surface area contributed by atoms with Gasteiger partial charge in [-0.1, -0.05) is 0 Å². The maximum absolute atomic E-state index is 12.3. The predicted octanol–water partition coefficient (Wildman–Crippen LogP) is -3.28. The van der Waals surface area contributed by atoms with Crippen molar-refractivity contribution in [1.29, 1.82) is 0 Å². The van der Waals surface area contributed by atoms with Crippen molar-refractivity contribution in [1.82, 2.24) is 29.7 Å². The second-order valence-electron chi connectivity index (χ2n) is 11.1. The van der Waals surface area contributed by atoms with Gasteiger partial charge in [0.1, 0.15) is 31.3 Å². The van der Waals surface area contributed by atoms with Gasteiger partial charge in [0.05, 0.1) is 35.6 Å². The molecule has 2 unspecified atom stereocenters. The third-order valence-electron chi connectivity index (χ3n) is 6.48. The first kappa shape index (κ1) is 45.9. The summed E-state index contributed by atoms with van der Waals surface area (Å²) < 4.78 is 2.48. The number of nitrogens with one attached hydrogen (secondary N) is 2. The van der Waals surface area contributed by atoms with Crippen LogP contribution in [0.1, 0.15) is 47.7 Å². The Labute approximate surface area is 310 Å². The fraction of sp³-hybridized carbons (Fsp3) is 0.500. The molecule has 2 amide bonds. The molecule has 2 aromatic rings. The van der Waals surface area contributed by atoms with Crippen LogP contribution in [0.15, 0.2) is 25.0 Å². The summed E-state index contributed by atoms with van der Waals surface area (Å²) in [6, 6.07) is -5.38. The molecular weight excluding hydrogens is 747 g/mol. The van der Waals surface area contributed by atoms with Gasteiger partial charge in [0, 0.05) is 37.4 Å². The standard InChI is InChI=1S/C18H26N8O4S2.C10H17N3O6S/c1-9(19)15(27)25-5-11(23-7-25)3-13(21)17(29)31-32-18(30)14(22)4-12-6-26(8-24-12)16(28)10(2)20;11-5(10(18)19)1-2-7(14)13-6(4-20)9(17)12-3-8(15)16/h5-10,13-14H,3-4,19-22H2,1-2H3;5-6,20H,1-4,11H2,(H,12,17)(H,13,14)(H,15,16)(H,18,19)/t9?,10?,13-,14-;5-,6-/m00/s1. The van der Waals surface area contributed by atoms with Crippen LogP contribution >= 0.6 is 34.2 Å². The highest BCUT2D eigenvalue weighted by molar-refractivity contribution is 8.87. The van der Waals surface area contributed by atoms with E-state index in [0.29, 0.717) is 33.0 Å². The van der Waals surface area contributed by atoms with Crippen molar-refractivity contribution in [2.45, 2.75) is 75.8 Å². The number of aliphatic carboxylic acids is 2. The van der Waals surface area contributed by atoms with Crippen LogP contribution in [0.4, 0.5) is 0 Å². The lowest BCUT2D eigenvalue weighted by Gasteiger charge is -2.16. The van der Waals surface area contributed by atoms with Gasteiger partial charge >= 0.3 is 11.9 Å². The van der Waals surface area contributed by atoms with Crippen molar-refractivity contribution >= 4 is 80.0 Å². The minimum atomic E-state index is -1.22. The minimum Gasteiger partial charge on any atom is -0.480 e. The summed E-state index contributed by atoms with van der Waals surface area (Å²) in [4.78, 5) is 100. The Morgan fingerprint density at radius 3 is 1.60 bits per heavy atom. The van der Waals surface area contributed by atoms with Crippen molar-refractivity contribution in [3.63, 3.8) is 0 Å². The normalized spacial score (nSPS) is 14.3. The van der Waals surface area contributed by atoms with E-state index < -0.39 is 76.8 Å². The summed E-state index contributed by atoms with van der Waals surface area (Å²) in [5, 5.41) is 20.5. The molecule has 2 rings (SSSR count). The number of imidazole rings is 2. The third-order valence-corrected chi connectivity index (χ3v) is 9.10. The molecule has 21 nitrogen and oxygen atoms in total. The van der Waals surface area contributed by atoms with E-state index in [4.69, 9.17) is 38.9 Å². The fourth-order valence-electron chi connectivity index (χ4n) is 3.63. The number of carboxylic acids is 2. The maximum Gasteiger partial charge on any atom is 0.322 e. The molecule has 6 atom stereocenters. The molecule has 14 N–H and O–H groups in total. The van der Waals surface area contributed by atoms with E-state index in [9.17, 15) is 38.4 Å². The van der Waals surface area contributed by atoms with E-state index in [1.807, 2.05) is 0 Å².